The molecule has 0 spiro atoms. The van der Waals surface area contributed by atoms with E-state index in [4.69, 9.17) is 0 Å². The minimum absolute atomic E-state index is 0.0172. The summed E-state index contributed by atoms with van der Waals surface area (Å²) in [6.07, 6.45) is 3.17. The number of phenolic OH excluding ortho intramolecular Hbond substituents is 1. The Morgan fingerprint density at radius 1 is 1.50 bits per heavy atom. The molecular formula is C12H14BrNO2. The lowest BCUT2D eigenvalue weighted by Crippen LogP contribution is -2.50. The van der Waals surface area contributed by atoms with Crippen LogP contribution in [0.3, 0.4) is 0 Å². The third kappa shape index (κ3) is 2.21. The van der Waals surface area contributed by atoms with E-state index in [1.807, 2.05) is 6.92 Å². The van der Waals surface area contributed by atoms with Crippen LogP contribution in [0.2, 0.25) is 0 Å². The van der Waals surface area contributed by atoms with Crippen LogP contribution in [0.5, 0.6) is 5.75 Å². The molecule has 4 heteroatoms. The highest BCUT2D eigenvalue weighted by molar-refractivity contribution is 9.10. The van der Waals surface area contributed by atoms with E-state index in [1.54, 1.807) is 12.1 Å². The average molecular weight is 284 g/mol. The second-order valence-electron chi connectivity index (χ2n) is 4.53. The van der Waals surface area contributed by atoms with Gasteiger partial charge in [-0.3, -0.25) is 4.79 Å². The summed E-state index contributed by atoms with van der Waals surface area (Å²) in [6, 6.07) is 4.85. The number of hydrogen-bond acceptors (Lipinski definition) is 2. The third-order valence-corrected chi connectivity index (χ3v) is 3.57. The number of aromatic hydroxyl groups is 1. The predicted molar refractivity (Wildman–Crippen MR) is 65.5 cm³/mol. The average Bonchev–Trinajstić information content (AvgIpc) is 2.19. The van der Waals surface area contributed by atoms with Gasteiger partial charge < -0.3 is 10.4 Å². The third-order valence-electron chi connectivity index (χ3n) is 3.08. The summed E-state index contributed by atoms with van der Waals surface area (Å²) in [7, 11) is 0. The van der Waals surface area contributed by atoms with Gasteiger partial charge in [-0.1, -0.05) is 15.9 Å². The Morgan fingerprint density at radius 3 is 2.75 bits per heavy atom. The first-order chi connectivity index (χ1) is 7.50. The first kappa shape index (κ1) is 11.5. The highest BCUT2D eigenvalue weighted by atomic mass is 79.9. The van der Waals surface area contributed by atoms with E-state index < -0.39 is 0 Å². The Hall–Kier alpha value is -1.03. The van der Waals surface area contributed by atoms with Gasteiger partial charge in [-0.15, -0.1) is 0 Å². The van der Waals surface area contributed by atoms with Crippen LogP contribution < -0.4 is 5.32 Å². The van der Waals surface area contributed by atoms with Crippen LogP contribution in [0, 0.1) is 0 Å². The monoisotopic (exact) mass is 283 g/mol. The van der Waals surface area contributed by atoms with Crippen molar-refractivity contribution in [3.8, 4) is 5.75 Å². The van der Waals surface area contributed by atoms with E-state index >= 15 is 0 Å². The lowest BCUT2D eigenvalue weighted by Gasteiger charge is -2.39. The molecule has 0 aromatic heterocycles. The number of benzene rings is 1. The van der Waals surface area contributed by atoms with Gasteiger partial charge in [0.25, 0.3) is 5.91 Å². The summed E-state index contributed by atoms with van der Waals surface area (Å²) < 4.78 is 0.786. The Labute approximate surface area is 103 Å². The second kappa shape index (κ2) is 4.09. The van der Waals surface area contributed by atoms with E-state index in [0.29, 0.717) is 5.56 Å². The van der Waals surface area contributed by atoms with Crippen LogP contribution in [0.4, 0.5) is 0 Å². The van der Waals surface area contributed by atoms with Crippen molar-refractivity contribution >= 4 is 21.8 Å². The van der Waals surface area contributed by atoms with Gasteiger partial charge in [-0.2, -0.15) is 0 Å². The Balaban J connectivity index is 2.17. The second-order valence-corrected chi connectivity index (χ2v) is 5.45. The van der Waals surface area contributed by atoms with Crippen LogP contribution in [0.25, 0.3) is 0 Å². The number of amides is 1. The van der Waals surface area contributed by atoms with E-state index in [2.05, 4.69) is 21.2 Å². The minimum Gasteiger partial charge on any atom is -0.507 e. The molecule has 0 radical (unpaired) electrons. The van der Waals surface area contributed by atoms with Gasteiger partial charge in [0, 0.05) is 10.0 Å². The largest absolute Gasteiger partial charge is 0.507 e. The topological polar surface area (TPSA) is 49.3 Å². The molecule has 1 amide bonds. The van der Waals surface area contributed by atoms with Crippen LogP contribution in [0.1, 0.15) is 36.5 Å². The van der Waals surface area contributed by atoms with Crippen molar-refractivity contribution in [2.75, 3.05) is 0 Å². The van der Waals surface area contributed by atoms with Crippen LogP contribution in [-0.2, 0) is 0 Å². The Bertz CT molecular complexity index is 427. The maximum atomic E-state index is 11.9. The fraction of sp³-hybridized carbons (Fsp3) is 0.417. The SMILES string of the molecule is CC1(NC(=O)c2cc(Br)ccc2O)CCC1. The molecule has 2 rings (SSSR count). The standard InChI is InChI=1S/C12H14BrNO2/c1-12(5-2-6-12)14-11(16)9-7-8(13)3-4-10(9)15/h3-4,7,15H,2,5-6H2,1H3,(H,14,16). The molecule has 1 aromatic carbocycles. The van der Waals surface area contributed by atoms with Crippen molar-refractivity contribution in [3.05, 3.63) is 28.2 Å². The van der Waals surface area contributed by atoms with Crippen molar-refractivity contribution < 1.29 is 9.90 Å². The van der Waals surface area contributed by atoms with Crippen molar-refractivity contribution in [2.24, 2.45) is 0 Å². The van der Waals surface area contributed by atoms with Gasteiger partial charge in [-0.25, -0.2) is 0 Å². The lowest BCUT2D eigenvalue weighted by molar-refractivity contribution is 0.0847. The zero-order valence-electron chi connectivity index (χ0n) is 9.09. The molecule has 0 saturated heterocycles. The lowest BCUT2D eigenvalue weighted by atomic mass is 9.78. The molecule has 0 bridgehead atoms. The fourth-order valence-corrected chi connectivity index (χ4v) is 2.22. The van der Waals surface area contributed by atoms with E-state index in [0.717, 1.165) is 23.7 Å². The normalized spacial score (nSPS) is 17.6. The molecule has 1 saturated carbocycles. The molecule has 3 nitrogen and oxygen atoms in total. The number of nitrogens with one attached hydrogen (secondary N) is 1. The van der Waals surface area contributed by atoms with E-state index in [9.17, 15) is 9.90 Å². The number of rotatable bonds is 2. The smallest absolute Gasteiger partial charge is 0.255 e. The highest BCUT2D eigenvalue weighted by Crippen LogP contribution is 2.32. The Morgan fingerprint density at radius 2 is 2.19 bits per heavy atom. The molecule has 16 heavy (non-hydrogen) atoms. The molecule has 1 aromatic rings. The number of carbonyl (C=O) groups is 1. The molecule has 86 valence electrons. The van der Waals surface area contributed by atoms with Crippen LogP contribution in [0.15, 0.2) is 22.7 Å². The maximum Gasteiger partial charge on any atom is 0.255 e. The van der Waals surface area contributed by atoms with Gasteiger partial charge >= 0.3 is 0 Å². The van der Waals surface area contributed by atoms with E-state index in [1.165, 1.54) is 6.07 Å². The minimum atomic E-state index is -0.207. The van der Waals surface area contributed by atoms with Gasteiger partial charge in [0.1, 0.15) is 5.75 Å². The van der Waals surface area contributed by atoms with Crippen molar-refractivity contribution in [3.63, 3.8) is 0 Å². The molecule has 0 aliphatic heterocycles. The summed E-state index contributed by atoms with van der Waals surface area (Å²) in [5.74, 6) is -0.190. The van der Waals surface area contributed by atoms with Crippen LogP contribution >= 0.6 is 15.9 Å². The summed E-state index contributed by atoms with van der Waals surface area (Å²) in [5, 5.41) is 12.6. The number of phenols is 1. The van der Waals surface area contributed by atoms with Gasteiger partial charge in [-0.05, 0) is 44.4 Å². The molecular weight excluding hydrogens is 270 g/mol. The van der Waals surface area contributed by atoms with Gasteiger partial charge in [0.15, 0.2) is 0 Å². The molecule has 1 aliphatic carbocycles. The van der Waals surface area contributed by atoms with Crippen molar-refractivity contribution in [1.82, 2.24) is 5.32 Å². The molecule has 0 atom stereocenters. The fourth-order valence-electron chi connectivity index (χ4n) is 1.86. The zero-order valence-corrected chi connectivity index (χ0v) is 10.7. The van der Waals surface area contributed by atoms with Crippen molar-refractivity contribution in [1.29, 1.82) is 0 Å². The molecule has 0 heterocycles. The number of hydrogen-bond donors (Lipinski definition) is 2. The summed E-state index contributed by atoms with van der Waals surface area (Å²) in [6.45, 7) is 2.03. The quantitative estimate of drug-likeness (QED) is 0.877. The van der Waals surface area contributed by atoms with Crippen LogP contribution in [-0.4, -0.2) is 16.6 Å². The van der Waals surface area contributed by atoms with Crippen molar-refractivity contribution in [2.45, 2.75) is 31.7 Å². The summed E-state index contributed by atoms with van der Waals surface area (Å²) in [4.78, 5) is 11.9. The summed E-state index contributed by atoms with van der Waals surface area (Å²) in [5.41, 5.74) is 0.230. The molecule has 0 unspecified atom stereocenters. The van der Waals surface area contributed by atoms with Gasteiger partial charge in [0.2, 0.25) is 0 Å². The molecule has 1 aliphatic rings. The zero-order chi connectivity index (χ0) is 11.8. The first-order valence-corrected chi connectivity index (χ1v) is 6.10. The first-order valence-electron chi connectivity index (χ1n) is 5.31. The number of carbonyl (C=O) groups excluding carboxylic acids is 1. The Kier molecular flexibility index (Phi) is 2.93. The van der Waals surface area contributed by atoms with E-state index in [-0.39, 0.29) is 17.2 Å². The molecule has 2 N–H and O–H groups in total. The highest BCUT2D eigenvalue weighted by Gasteiger charge is 2.33. The maximum absolute atomic E-state index is 11.9. The summed E-state index contributed by atoms with van der Waals surface area (Å²) >= 11 is 3.28. The molecule has 1 fully saturated rings. The van der Waals surface area contributed by atoms with Gasteiger partial charge in [0.05, 0.1) is 5.56 Å². The number of halogens is 1. The predicted octanol–water partition coefficient (Wildman–Crippen LogP) is 2.83.